The number of carbonyl (C=O) groups is 2. The molecule has 2 unspecified atom stereocenters. The summed E-state index contributed by atoms with van der Waals surface area (Å²) in [4.78, 5) is 24.6. The van der Waals surface area contributed by atoms with Gasteiger partial charge in [-0.05, 0) is 83.5 Å². The highest BCUT2D eigenvalue weighted by Crippen LogP contribution is 2.18. The van der Waals surface area contributed by atoms with E-state index in [0.717, 1.165) is 51.4 Å². The van der Waals surface area contributed by atoms with Crippen LogP contribution in [0.1, 0.15) is 380 Å². The summed E-state index contributed by atoms with van der Waals surface area (Å²) in [5.41, 5.74) is 0. The summed E-state index contributed by atoms with van der Waals surface area (Å²) >= 11 is 0. The van der Waals surface area contributed by atoms with Crippen LogP contribution in [0.25, 0.3) is 0 Å². The van der Waals surface area contributed by atoms with Crippen molar-refractivity contribution < 1.29 is 24.5 Å². The number of ether oxygens (including phenoxy) is 1. The topological polar surface area (TPSA) is 95.9 Å². The minimum atomic E-state index is -0.851. The van der Waals surface area contributed by atoms with Gasteiger partial charge in [-0.15, -0.1) is 0 Å². The summed E-state index contributed by atoms with van der Waals surface area (Å²) in [5.74, 6) is -0.0676. The molecule has 0 heterocycles. The number of amides is 1. The lowest BCUT2D eigenvalue weighted by Gasteiger charge is -2.20. The van der Waals surface area contributed by atoms with Crippen molar-refractivity contribution in [1.29, 1.82) is 0 Å². The Balaban J connectivity index is 3.44. The molecule has 3 N–H and O–H groups in total. The van der Waals surface area contributed by atoms with Gasteiger partial charge in [-0.3, -0.25) is 9.59 Å². The summed E-state index contributed by atoms with van der Waals surface area (Å²) in [5, 5.41) is 23.2. The Morgan fingerprint density at radius 3 is 0.922 bits per heavy atom. The van der Waals surface area contributed by atoms with Gasteiger partial charge in [-0.2, -0.15) is 0 Å². The molecule has 1 amide bonds. The third-order valence-electron chi connectivity index (χ3n) is 16.1. The summed E-state index contributed by atoms with van der Waals surface area (Å²) in [6.07, 6.45) is 84.9. The summed E-state index contributed by atoms with van der Waals surface area (Å²) in [7, 11) is 0. The van der Waals surface area contributed by atoms with Crippen LogP contribution in [-0.4, -0.2) is 47.4 Å². The fourth-order valence-electron chi connectivity index (χ4n) is 10.8. The molecule has 0 aliphatic heterocycles. The molecule has 6 nitrogen and oxygen atoms in total. The zero-order chi connectivity index (χ0) is 55.7. The normalized spacial score (nSPS) is 12.7. The molecule has 0 fully saturated rings. The van der Waals surface area contributed by atoms with Crippen molar-refractivity contribution in [2.24, 2.45) is 0 Å². The predicted molar refractivity (Wildman–Crippen MR) is 338 cm³/mol. The number of rotatable bonds is 65. The molecule has 0 aromatic carbocycles. The molecule has 0 radical (unpaired) electrons. The van der Waals surface area contributed by atoms with Gasteiger partial charge in [-0.25, -0.2) is 0 Å². The first-order chi connectivity index (χ1) is 38.0. The Hall–Kier alpha value is -1.92. The number of hydrogen-bond donors (Lipinski definition) is 3. The quantitative estimate of drug-likeness (QED) is 0.0320. The molecule has 0 saturated heterocycles. The maximum Gasteiger partial charge on any atom is 0.305 e. The second-order valence-corrected chi connectivity index (χ2v) is 23.9. The molecule has 2 atom stereocenters. The van der Waals surface area contributed by atoms with Crippen LogP contribution in [0.4, 0.5) is 0 Å². The number of allylic oxidation sites excluding steroid dienone is 5. The second-order valence-electron chi connectivity index (χ2n) is 23.9. The van der Waals surface area contributed by atoms with E-state index in [1.54, 1.807) is 6.08 Å². The van der Waals surface area contributed by atoms with Crippen molar-refractivity contribution in [2.45, 2.75) is 392 Å². The van der Waals surface area contributed by atoms with Crippen molar-refractivity contribution in [3.8, 4) is 0 Å². The molecule has 0 saturated carbocycles. The van der Waals surface area contributed by atoms with E-state index >= 15 is 0 Å². The fourth-order valence-corrected chi connectivity index (χ4v) is 10.8. The lowest BCUT2D eigenvalue weighted by atomic mass is 10.0. The van der Waals surface area contributed by atoms with Crippen molar-refractivity contribution in [1.82, 2.24) is 5.32 Å². The molecule has 0 aliphatic carbocycles. The number of carbonyl (C=O) groups excluding carboxylic acids is 2. The van der Waals surface area contributed by atoms with Crippen molar-refractivity contribution in [2.75, 3.05) is 13.2 Å². The van der Waals surface area contributed by atoms with Gasteiger partial charge in [0, 0.05) is 12.8 Å². The molecular formula is C71H135NO5. The zero-order valence-corrected chi connectivity index (χ0v) is 52.0. The smallest absolute Gasteiger partial charge is 0.305 e. The Bertz CT molecular complexity index is 1250. The number of aliphatic hydroxyl groups excluding tert-OH is 2. The third-order valence-corrected chi connectivity index (χ3v) is 16.1. The highest BCUT2D eigenvalue weighted by atomic mass is 16.5. The van der Waals surface area contributed by atoms with Crippen molar-refractivity contribution in [3.05, 3.63) is 36.5 Å². The van der Waals surface area contributed by atoms with E-state index in [4.69, 9.17) is 4.74 Å². The molecular weight excluding hydrogens is 947 g/mol. The van der Waals surface area contributed by atoms with E-state index in [2.05, 4.69) is 43.5 Å². The number of hydrogen-bond acceptors (Lipinski definition) is 5. The maximum absolute atomic E-state index is 12.5. The number of unbranched alkanes of at least 4 members (excludes halogenated alkanes) is 50. The molecule has 0 aliphatic rings. The van der Waals surface area contributed by atoms with Crippen LogP contribution >= 0.6 is 0 Å². The average molecular weight is 1080 g/mol. The first-order valence-corrected chi connectivity index (χ1v) is 34.8. The molecule has 0 spiro atoms. The van der Waals surface area contributed by atoms with E-state index in [0.29, 0.717) is 19.4 Å². The summed E-state index contributed by atoms with van der Waals surface area (Å²) in [6, 6.07) is -0.635. The van der Waals surface area contributed by atoms with Gasteiger partial charge in [0.05, 0.1) is 25.4 Å². The Kier molecular flexibility index (Phi) is 64.9. The minimum absolute atomic E-state index is 0.00483. The monoisotopic (exact) mass is 1080 g/mol. The van der Waals surface area contributed by atoms with E-state index in [-0.39, 0.29) is 18.5 Å². The largest absolute Gasteiger partial charge is 0.466 e. The Morgan fingerprint density at radius 1 is 0.351 bits per heavy atom. The number of esters is 1. The van der Waals surface area contributed by atoms with Crippen molar-refractivity contribution >= 4 is 11.9 Å². The minimum Gasteiger partial charge on any atom is -0.466 e. The van der Waals surface area contributed by atoms with Gasteiger partial charge in [0.1, 0.15) is 0 Å². The van der Waals surface area contributed by atoms with Gasteiger partial charge >= 0.3 is 5.97 Å². The number of nitrogens with one attached hydrogen (secondary N) is 1. The van der Waals surface area contributed by atoms with E-state index in [1.165, 1.54) is 302 Å². The van der Waals surface area contributed by atoms with Crippen LogP contribution in [0, 0.1) is 0 Å². The van der Waals surface area contributed by atoms with Crippen LogP contribution in [0.3, 0.4) is 0 Å². The van der Waals surface area contributed by atoms with Crippen LogP contribution < -0.4 is 5.32 Å². The Morgan fingerprint density at radius 2 is 0.610 bits per heavy atom. The molecule has 0 bridgehead atoms. The summed E-state index contributed by atoms with van der Waals surface area (Å²) in [6.45, 7) is 4.92. The van der Waals surface area contributed by atoms with Crippen molar-refractivity contribution in [3.63, 3.8) is 0 Å². The SMILES string of the molecule is CCCCCCCC/C=C\CCCCCCCCCC(=O)OCCCCCCCCCCCC/C=C\CCCCCCCCCC(=O)NC(CO)C(O)/C=C/CCCCCCCCCCCCCCCCCCCCCC. The lowest BCUT2D eigenvalue weighted by Crippen LogP contribution is -2.45. The van der Waals surface area contributed by atoms with Crippen LogP contribution in [0.5, 0.6) is 0 Å². The molecule has 0 aromatic rings. The fraction of sp³-hybridized carbons (Fsp3) is 0.887. The first-order valence-electron chi connectivity index (χ1n) is 34.8. The van der Waals surface area contributed by atoms with Crippen LogP contribution in [0.2, 0.25) is 0 Å². The Labute approximate surface area is 481 Å². The third kappa shape index (κ3) is 63.1. The average Bonchev–Trinajstić information content (AvgIpc) is 3.43. The van der Waals surface area contributed by atoms with E-state index in [1.807, 2.05) is 6.08 Å². The highest BCUT2D eigenvalue weighted by molar-refractivity contribution is 5.76. The van der Waals surface area contributed by atoms with Gasteiger partial charge < -0.3 is 20.3 Å². The molecule has 77 heavy (non-hydrogen) atoms. The second kappa shape index (κ2) is 66.6. The maximum atomic E-state index is 12.5. The molecule has 0 aromatic heterocycles. The van der Waals surface area contributed by atoms with Gasteiger partial charge in [-0.1, -0.05) is 320 Å². The predicted octanol–water partition coefficient (Wildman–Crippen LogP) is 22.3. The summed E-state index contributed by atoms with van der Waals surface area (Å²) < 4.78 is 5.49. The first kappa shape index (κ1) is 75.1. The highest BCUT2D eigenvalue weighted by Gasteiger charge is 2.18. The molecule has 6 heteroatoms. The molecule has 0 rings (SSSR count). The van der Waals surface area contributed by atoms with E-state index in [9.17, 15) is 19.8 Å². The van der Waals surface area contributed by atoms with Gasteiger partial charge in [0.2, 0.25) is 5.91 Å². The number of aliphatic hydroxyl groups is 2. The molecule has 454 valence electrons. The standard InChI is InChI=1S/C71H135NO5/c1-3-5-7-9-11-13-15-17-19-21-22-23-25-28-32-35-39-43-47-51-55-59-63-69(74)68(67-73)72-70(75)64-60-56-52-48-44-40-36-33-29-26-24-27-30-34-38-42-46-50-54-58-62-66-77-71(76)65-61-57-53-49-45-41-37-31-20-18-16-14-12-10-8-6-4-2/h18,20,26,29,59,63,68-69,73-74H,3-17,19,21-25,27-28,30-58,60-62,64-67H2,1-2H3,(H,72,75)/b20-18-,29-26-,63-59+. The van der Waals surface area contributed by atoms with Gasteiger partial charge in [0.25, 0.3) is 0 Å². The lowest BCUT2D eigenvalue weighted by molar-refractivity contribution is -0.143. The zero-order valence-electron chi connectivity index (χ0n) is 52.0. The van der Waals surface area contributed by atoms with Crippen LogP contribution in [0.15, 0.2) is 36.5 Å². The van der Waals surface area contributed by atoms with E-state index < -0.39 is 12.1 Å². The van der Waals surface area contributed by atoms with Gasteiger partial charge in [0.15, 0.2) is 0 Å². The van der Waals surface area contributed by atoms with Crippen LogP contribution in [-0.2, 0) is 14.3 Å².